The maximum atomic E-state index is 14.6. The van der Waals surface area contributed by atoms with Crippen LogP contribution in [0.2, 0.25) is 0 Å². The molecule has 7 N–H and O–H groups in total. The standard InChI is InChI=1S/C27H33F3N6O3/c1-15(2)36-11-10-27(29,30)21(14-36)35-24(32)22(25(33)37)23(31)17-6-4-16(5-7-17)13-34-26(38)19-12-18(28)8-9-20(19)39-3/h4-9,12,15,21H,10-11,13-14,31H2,1-3H3,(H2,32,35)(H2,33,37)(H,34,38). The van der Waals surface area contributed by atoms with Crippen LogP contribution in [0, 0.1) is 5.82 Å². The highest BCUT2D eigenvalue weighted by Gasteiger charge is 2.45. The number of rotatable bonds is 9. The van der Waals surface area contributed by atoms with Gasteiger partial charge in [-0.05, 0) is 43.2 Å². The maximum Gasteiger partial charge on any atom is 0.272 e. The molecule has 1 fully saturated rings. The minimum Gasteiger partial charge on any atom is -0.496 e. The molecule has 210 valence electrons. The van der Waals surface area contributed by atoms with Crippen molar-refractivity contribution >= 4 is 23.3 Å². The van der Waals surface area contributed by atoms with Gasteiger partial charge in [-0.1, -0.05) is 24.3 Å². The first-order valence-electron chi connectivity index (χ1n) is 12.3. The summed E-state index contributed by atoms with van der Waals surface area (Å²) in [5, 5.41) is 2.67. The first kappa shape index (κ1) is 29.5. The van der Waals surface area contributed by atoms with Crippen LogP contribution in [0.3, 0.4) is 0 Å². The molecule has 1 heterocycles. The number of benzene rings is 2. The van der Waals surface area contributed by atoms with Crippen molar-refractivity contribution in [2.24, 2.45) is 22.2 Å². The zero-order valence-electron chi connectivity index (χ0n) is 22.0. The summed E-state index contributed by atoms with van der Waals surface area (Å²) in [5.41, 5.74) is 18.3. The van der Waals surface area contributed by atoms with Crippen molar-refractivity contribution in [2.75, 3.05) is 20.2 Å². The molecule has 1 atom stereocenters. The van der Waals surface area contributed by atoms with E-state index in [0.29, 0.717) is 11.1 Å². The number of likely N-dealkylation sites (tertiary alicyclic amines) is 1. The largest absolute Gasteiger partial charge is 0.496 e. The third-order valence-corrected chi connectivity index (χ3v) is 6.55. The molecular weight excluding hydrogens is 513 g/mol. The molecule has 0 saturated carbocycles. The van der Waals surface area contributed by atoms with E-state index in [-0.39, 0.29) is 54.7 Å². The van der Waals surface area contributed by atoms with Crippen LogP contribution in [0.15, 0.2) is 53.0 Å². The van der Waals surface area contributed by atoms with Crippen LogP contribution in [-0.2, 0) is 11.3 Å². The molecule has 1 aliphatic heterocycles. The number of hydrogen-bond acceptors (Lipinski definition) is 6. The highest BCUT2D eigenvalue weighted by atomic mass is 19.3. The van der Waals surface area contributed by atoms with Gasteiger partial charge < -0.3 is 27.3 Å². The van der Waals surface area contributed by atoms with Crippen molar-refractivity contribution in [3.8, 4) is 5.75 Å². The number of carbonyl (C=O) groups excluding carboxylic acids is 2. The number of nitrogens with zero attached hydrogens (tertiary/aromatic N) is 2. The number of amides is 2. The zero-order chi connectivity index (χ0) is 28.9. The number of alkyl halides is 2. The Morgan fingerprint density at radius 2 is 1.82 bits per heavy atom. The third-order valence-electron chi connectivity index (χ3n) is 6.55. The first-order chi connectivity index (χ1) is 18.3. The number of nitrogens with one attached hydrogen (secondary N) is 1. The maximum absolute atomic E-state index is 14.6. The van der Waals surface area contributed by atoms with Crippen LogP contribution in [0.4, 0.5) is 13.2 Å². The van der Waals surface area contributed by atoms with Gasteiger partial charge in [0.2, 0.25) is 0 Å². The van der Waals surface area contributed by atoms with E-state index in [1.54, 1.807) is 24.3 Å². The number of halogens is 3. The molecule has 2 amide bonds. The molecule has 9 nitrogen and oxygen atoms in total. The molecule has 0 spiro atoms. The van der Waals surface area contributed by atoms with Gasteiger partial charge in [0.15, 0.2) is 0 Å². The van der Waals surface area contributed by atoms with Gasteiger partial charge >= 0.3 is 0 Å². The number of piperidine rings is 1. The second kappa shape index (κ2) is 12.2. The lowest BCUT2D eigenvalue weighted by molar-refractivity contribution is -0.114. The summed E-state index contributed by atoms with van der Waals surface area (Å²) in [7, 11) is 1.37. The monoisotopic (exact) mass is 546 g/mol. The van der Waals surface area contributed by atoms with Crippen molar-refractivity contribution in [1.29, 1.82) is 0 Å². The Bertz CT molecular complexity index is 1280. The SMILES string of the molecule is COc1ccc(F)cc1C(=O)NCc1ccc(C(N)=C(C(N)=O)C(N)=NC2CN(C(C)C)CCC2(F)F)cc1. The van der Waals surface area contributed by atoms with Gasteiger partial charge in [-0.3, -0.25) is 19.5 Å². The summed E-state index contributed by atoms with van der Waals surface area (Å²) in [5.74, 6) is -5.46. The van der Waals surface area contributed by atoms with E-state index in [2.05, 4.69) is 10.3 Å². The normalized spacial score (nSPS) is 18.4. The number of nitrogens with two attached hydrogens (primary N) is 3. The van der Waals surface area contributed by atoms with Crippen molar-refractivity contribution < 1.29 is 27.5 Å². The third kappa shape index (κ3) is 7.08. The average Bonchev–Trinajstić information content (AvgIpc) is 2.88. The van der Waals surface area contributed by atoms with Gasteiger partial charge in [-0.25, -0.2) is 13.2 Å². The van der Waals surface area contributed by atoms with Crippen LogP contribution < -0.4 is 27.3 Å². The predicted octanol–water partition coefficient (Wildman–Crippen LogP) is 2.39. The summed E-state index contributed by atoms with van der Waals surface area (Å²) in [6, 6.07) is 8.58. The lowest BCUT2D eigenvalue weighted by atomic mass is 9.99. The summed E-state index contributed by atoms with van der Waals surface area (Å²) in [6.07, 6.45) is -0.387. The van der Waals surface area contributed by atoms with Crippen LogP contribution in [0.1, 0.15) is 41.8 Å². The Balaban J connectivity index is 1.79. The van der Waals surface area contributed by atoms with Gasteiger partial charge in [-0.15, -0.1) is 0 Å². The Labute approximate surface area is 224 Å². The van der Waals surface area contributed by atoms with Crippen LogP contribution in [-0.4, -0.2) is 60.8 Å². The molecule has 0 bridgehead atoms. The average molecular weight is 547 g/mol. The van der Waals surface area contributed by atoms with Gasteiger partial charge in [0.1, 0.15) is 29.0 Å². The van der Waals surface area contributed by atoms with Crippen molar-refractivity contribution in [2.45, 2.75) is 44.8 Å². The number of amidine groups is 1. The van der Waals surface area contributed by atoms with Crippen LogP contribution >= 0.6 is 0 Å². The molecule has 0 radical (unpaired) electrons. The van der Waals surface area contributed by atoms with E-state index in [4.69, 9.17) is 21.9 Å². The fraction of sp³-hybridized carbons (Fsp3) is 0.370. The van der Waals surface area contributed by atoms with E-state index in [1.807, 2.05) is 18.7 Å². The molecule has 3 rings (SSSR count). The fourth-order valence-corrected chi connectivity index (χ4v) is 4.22. The number of hydrogen-bond donors (Lipinski definition) is 4. The molecule has 1 saturated heterocycles. The summed E-state index contributed by atoms with van der Waals surface area (Å²) < 4.78 is 47.9. The quantitative estimate of drug-likeness (QED) is 0.216. The van der Waals surface area contributed by atoms with E-state index in [9.17, 15) is 22.8 Å². The molecule has 0 aromatic heterocycles. The lowest BCUT2D eigenvalue weighted by Crippen LogP contribution is -2.52. The van der Waals surface area contributed by atoms with Crippen LogP contribution in [0.5, 0.6) is 5.75 Å². The molecule has 12 heteroatoms. The predicted molar refractivity (Wildman–Crippen MR) is 143 cm³/mol. The van der Waals surface area contributed by atoms with E-state index in [1.165, 1.54) is 19.2 Å². The Kier molecular flexibility index (Phi) is 9.23. The second-order valence-electron chi connectivity index (χ2n) is 9.51. The van der Waals surface area contributed by atoms with Gasteiger partial charge in [-0.2, -0.15) is 0 Å². The summed E-state index contributed by atoms with van der Waals surface area (Å²) in [6.45, 7) is 4.08. The van der Waals surface area contributed by atoms with E-state index < -0.39 is 35.4 Å². The number of primary amides is 1. The minimum atomic E-state index is -3.10. The fourth-order valence-electron chi connectivity index (χ4n) is 4.22. The number of aliphatic imine (C=N–C) groups is 1. The topological polar surface area (TPSA) is 149 Å². The van der Waals surface area contributed by atoms with Crippen molar-refractivity contribution in [1.82, 2.24) is 10.2 Å². The zero-order valence-corrected chi connectivity index (χ0v) is 22.0. The van der Waals surface area contributed by atoms with Crippen molar-refractivity contribution in [3.63, 3.8) is 0 Å². The number of carbonyl (C=O) groups is 2. The Hall–Kier alpha value is -4.06. The molecule has 1 unspecified atom stereocenters. The second-order valence-corrected chi connectivity index (χ2v) is 9.51. The number of ether oxygens (including phenoxy) is 1. The molecule has 2 aromatic rings. The highest BCUT2D eigenvalue weighted by Crippen LogP contribution is 2.32. The Morgan fingerprint density at radius 1 is 1.15 bits per heavy atom. The molecule has 1 aliphatic rings. The van der Waals surface area contributed by atoms with E-state index >= 15 is 0 Å². The molecule has 2 aromatic carbocycles. The summed E-state index contributed by atoms with van der Waals surface area (Å²) in [4.78, 5) is 30.6. The van der Waals surface area contributed by atoms with E-state index in [0.717, 1.165) is 6.07 Å². The molecule has 0 aliphatic carbocycles. The smallest absolute Gasteiger partial charge is 0.272 e. The van der Waals surface area contributed by atoms with Gasteiger partial charge in [0.25, 0.3) is 17.7 Å². The lowest BCUT2D eigenvalue weighted by Gasteiger charge is -2.38. The van der Waals surface area contributed by atoms with Gasteiger partial charge in [0.05, 0.1) is 18.4 Å². The first-order valence-corrected chi connectivity index (χ1v) is 12.3. The minimum absolute atomic E-state index is 0.0285. The highest BCUT2D eigenvalue weighted by molar-refractivity contribution is 6.24. The Morgan fingerprint density at radius 3 is 2.41 bits per heavy atom. The van der Waals surface area contributed by atoms with Gasteiger partial charge in [0, 0.05) is 32.1 Å². The molecular formula is C27H33F3N6O3. The van der Waals surface area contributed by atoms with Crippen LogP contribution in [0.25, 0.3) is 5.70 Å². The summed E-state index contributed by atoms with van der Waals surface area (Å²) >= 11 is 0. The van der Waals surface area contributed by atoms with Crippen molar-refractivity contribution in [3.05, 3.63) is 70.5 Å². The molecule has 39 heavy (non-hydrogen) atoms. The number of methoxy groups -OCH3 is 1.